The number of hydrogen-bond donors (Lipinski definition) is 1. The molecular weight excluding hydrogens is 354 g/mol. The minimum Gasteiger partial charge on any atom is -0.344 e. The van der Waals surface area contributed by atoms with Crippen LogP contribution >= 0.6 is 0 Å². The maximum Gasteiger partial charge on any atom is 0.241 e. The van der Waals surface area contributed by atoms with Crippen LogP contribution in [0.1, 0.15) is 23.0 Å². The summed E-state index contributed by atoms with van der Waals surface area (Å²) < 4.78 is 26.8. The standard InChI is InChI=1S/C18H21N3O4S/c1-14(22)15-6-8-17(9-7-15)26(24,25)20-13-18(23)21(2)12-10-16-5-3-4-11-19-16/h3-9,11,20H,10,12-13H2,1-2H3. The first-order valence-electron chi connectivity index (χ1n) is 8.04. The molecule has 0 aliphatic carbocycles. The third-order valence-electron chi connectivity index (χ3n) is 3.84. The Hall–Kier alpha value is -2.58. The summed E-state index contributed by atoms with van der Waals surface area (Å²) in [5.41, 5.74) is 1.28. The zero-order valence-corrected chi connectivity index (χ0v) is 15.5. The number of hydrogen-bond acceptors (Lipinski definition) is 5. The van der Waals surface area contributed by atoms with Gasteiger partial charge in [-0.1, -0.05) is 18.2 Å². The highest BCUT2D eigenvalue weighted by Crippen LogP contribution is 2.11. The van der Waals surface area contributed by atoms with Crippen LogP contribution in [0, 0.1) is 0 Å². The smallest absolute Gasteiger partial charge is 0.241 e. The Morgan fingerprint density at radius 3 is 2.38 bits per heavy atom. The summed E-state index contributed by atoms with van der Waals surface area (Å²) in [6.07, 6.45) is 2.27. The van der Waals surface area contributed by atoms with Crippen molar-refractivity contribution in [3.8, 4) is 0 Å². The van der Waals surface area contributed by atoms with Crippen molar-refractivity contribution < 1.29 is 18.0 Å². The number of nitrogens with one attached hydrogen (secondary N) is 1. The van der Waals surface area contributed by atoms with Crippen LogP contribution in [0.15, 0.2) is 53.6 Å². The first-order chi connectivity index (χ1) is 12.3. The molecule has 1 amide bonds. The number of pyridine rings is 1. The molecule has 0 aliphatic rings. The molecule has 1 aromatic heterocycles. The van der Waals surface area contributed by atoms with Gasteiger partial charge in [-0.2, -0.15) is 0 Å². The largest absolute Gasteiger partial charge is 0.344 e. The van der Waals surface area contributed by atoms with E-state index in [1.54, 1.807) is 13.2 Å². The van der Waals surface area contributed by atoms with E-state index >= 15 is 0 Å². The second-order valence-electron chi connectivity index (χ2n) is 5.79. The number of aromatic nitrogens is 1. The van der Waals surface area contributed by atoms with Crippen LogP contribution in [0.5, 0.6) is 0 Å². The van der Waals surface area contributed by atoms with E-state index in [9.17, 15) is 18.0 Å². The molecule has 2 aromatic rings. The van der Waals surface area contributed by atoms with Crippen LogP contribution in [-0.2, 0) is 21.2 Å². The van der Waals surface area contributed by atoms with E-state index in [1.165, 1.54) is 36.1 Å². The van der Waals surface area contributed by atoms with Crippen LogP contribution in [0.2, 0.25) is 0 Å². The van der Waals surface area contributed by atoms with Crippen molar-refractivity contribution in [2.45, 2.75) is 18.2 Å². The number of ketones is 1. The number of carbonyl (C=O) groups is 2. The number of amides is 1. The lowest BCUT2D eigenvalue weighted by Crippen LogP contribution is -2.39. The molecule has 7 nitrogen and oxygen atoms in total. The van der Waals surface area contributed by atoms with Gasteiger partial charge in [0.25, 0.3) is 0 Å². The zero-order valence-electron chi connectivity index (χ0n) is 14.7. The van der Waals surface area contributed by atoms with E-state index in [2.05, 4.69) is 9.71 Å². The van der Waals surface area contributed by atoms with Crippen LogP contribution in [0.4, 0.5) is 0 Å². The molecule has 0 bridgehead atoms. The molecule has 0 saturated carbocycles. The van der Waals surface area contributed by atoms with E-state index < -0.39 is 10.0 Å². The van der Waals surface area contributed by atoms with Gasteiger partial charge in [0.1, 0.15) is 0 Å². The van der Waals surface area contributed by atoms with Gasteiger partial charge < -0.3 is 4.90 Å². The molecule has 0 atom stereocenters. The molecule has 0 unspecified atom stereocenters. The molecule has 0 radical (unpaired) electrons. The minimum atomic E-state index is -3.82. The van der Waals surface area contributed by atoms with Gasteiger partial charge in [-0.3, -0.25) is 14.6 Å². The van der Waals surface area contributed by atoms with Crippen molar-refractivity contribution in [1.82, 2.24) is 14.6 Å². The Bertz CT molecular complexity index is 865. The molecule has 138 valence electrons. The Labute approximate surface area is 153 Å². The Morgan fingerprint density at radius 2 is 1.81 bits per heavy atom. The van der Waals surface area contributed by atoms with Crippen molar-refractivity contribution in [2.75, 3.05) is 20.1 Å². The molecule has 8 heteroatoms. The summed E-state index contributed by atoms with van der Waals surface area (Å²) in [6, 6.07) is 11.1. The maximum absolute atomic E-state index is 12.2. The second-order valence-corrected chi connectivity index (χ2v) is 7.56. The molecule has 26 heavy (non-hydrogen) atoms. The summed E-state index contributed by atoms with van der Waals surface area (Å²) in [6.45, 7) is 1.50. The highest BCUT2D eigenvalue weighted by molar-refractivity contribution is 7.89. The highest BCUT2D eigenvalue weighted by atomic mass is 32.2. The zero-order chi connectivity index (χ0) is 19.2. The van der Waals surface area contributed by atoms with Crippen LogP contribution in [-0.4, -0.2) is 50.1 Å². The molecule has 0 aliphatic heterocycles. The van der Waals surface area contributed by atoms with E-state index in [4.69, 9.17) is 0 Å². The summed E-state index contributed by atoms with van der Waals surface area (Å²) in [4.78, 5) is 29.0. The molecule has 0 spiro atoms. The van der Waals surface area contributed by atoms with Crippen LogP contribution < -0.4 is 4.72 Å². The van der Waals surface area contributed by atoms with E-state index in [0.717, 1.165) is 5.69 Å². The fourth-order valence-corrected chi connectivity index (χ4v) is 3.17. The molecule has 1 heterocycles. The number of nitrogens with zero attached hydrogens (tertiary/aromatic N) is 2. The van der Waals surface area contributed by atoms with Crippen LogP contribution in [0.3, 0.4) is 0 Å². The fraction of sp³-hybridized carbons (Fsp3) is 0.278. The quantitative estimate of drug-likeness (QED) is 0.701. The average molecular weight is 375 g/mol. The highest BCUT2D eigenvalue weighted by Gasteiger charge is 2.17. The van der Waals surface area contributed by atoms with Gasteiger partial charge in [0, 0.05) is 37.5 Å². The predicted octanol–water partition coefficient (Wildman–Crippen LogP) is 1.26. The van der Waals surface area contributed by atoms with Gasteiger partial charge in [-0.25, -0.2) is 13.1 Å². The maximum atomic E-state index is 12.2. The molecule has 1 N–H and O–H groups in total. The Balaban J connectivity index is 1.89. The molecule has 0 fully saturated rings. The Kier molecular flexibility index (Phi) is 6.59. The van der Waals surface area contributed by atoms with Gasteiger partial charge in [0.15, 0.2) is 5.78 Å². The van der Waals surface area contributed by atoms with Gasteiger partial charge >= 0.3 is 0 Å². The fourth-order valence-electron chi connectivity index (χ4n) is 2.20. The topological polar surface area (TPSA) is 96.4 Å². The molecule has 1 aromatic carbocycles. The van der Waals surface area contributed by atoms with Gasteiger partial charge in [-0.15, -0.1) is 0 Å². The normalized spacial score (nSPS) is 11.2. The lowest BCUT2D eigenvalue weighted by Gasteiger charge is -2.17. The van der Waals surface area contributed by atoms with Crippen molar-refractivity contribution in [1.29, 1.82) is 0 Å². The molecule has 0 saturated heterocycles. The average Bonchev–Trinajstić information content (AvgIpc) is 2.65. The van der Waals surface area contributed by atoms with Crippen molar-refractivity contribution >= 4 is 21.7 Å². The number of likely N-dealkylation sites (N-methyl/N-ethyl adjacent to an activating group) is 1. The lowest BCUT2D eigenvalue weighted by molar-refractivity contribution is -0.128. The van der Waals surface area contributed by atoms with Crippen molar-refractivity contribution in [2.24, 2.45) is 0 Å². The number of sulfonamides is 1. The number of benzene rings is 1. The molecule has 2 rings (SSSR count). The van der Waals surface area contributed by atoms with Crippen LogP contribution in [0.25, 0.3) is 0 Å². The second kappa shape index (κ2) is 8.68. The summed E-state index contributed by atoms with van der Waals surface area (Å²) >= 11 is 0. The summed E-state index contributed by atoms with van der Waals surface area (Å²) in [5.74, 6) is -0.489. The third-order valence-corrected chi connectivity index (χ3v) is 5.26. The monoisotopic (exact) mass is 375 g/mol. The lowest BCUT2D eigenvalue weighted by atomic mass is 10.2. The first-order valence-corrected chi connectivity index (χ1v) is 9.52. The van der Waals surface area contributed by atoms with Gasteiger partial charge in [0.2, 0.25) is 15.9 Å². The first kappa shape index (κ1) is 19.7. The summed E-state index contributed by atoms with van der Waals surface area (Å²) in [7, 11) is -2.21. The molecular formula is C18H21N3O4S. The van der Waals surface area contributed by atoms with Crippen molar-refractivity contribution in [3.63, 3.8) is 0 Å². The number of rotatable bonds is 8. The predicted molar refractivity (Wildman–Crippen MR) is 97.2 cm³/mol. The minimum absolute atomic E-state index is 0.00596. The van der Waals surface area contributed by atoms with E-state index in [0.29, 0.717) is 18.5 Å². The summed E-state index contributed by atoms with van der Waals surface area (Å²) in [5, 5.41) is 0. The third kappa shape index (κ3) is 5.47. The van der Waals surface area contributed by atoms with E-state index in [-0.39, 0.29) is 23.1 Å². The van der Waals surface area contributed by atoms with E-state index in [1.807, 2.05) is 18.2 Å². The van der Waals surface area contributed by atoms with Gasteiger partial charge in [-0.05, 0) is 31.2 Å². The Morgan fingerprint density at radius 1 is 1.12 bits per heavy atom. The van der Waals surface area contributed by atoms with Crippen molar-refractivity contribution in [3.05, 3.63) is 59.9 Å². The number of Topliss-reactive ketones (excluding diaryl/α,β-unsaturated/α-hetero) is 1. The SMILES string of the molecule is CC(=O)c1ccc(S(=O)(=O)NCC(=O)N(C)CCc2ccccn2)cc1. The number of carbonyl (C=O) groups excluding carboxylic acids is 2. The van der Waals surface area contributed by atoms with Gasteiger partial charge in [0.05, 0.1) is 11.4 Å².